The van der Waals surface area contributed by atoms with Gasteiger partial charge in [0.15, 0.2) is 11.4 Å². The van der Waals surface area contributed by atoms with Crippen LogP contribution >= 0.6 is 0 Å². The lowest BCUT2D eigenvalue weighted by molar-refractivity contribution is -0.687. The number of imidazole rings is 1. The maximum absolute atomic E-state index is 2.53. The highest BCUT2D eigenvalue weighted by Crippen LogP contribution is 2.56. The third kappa shape index (κ3) is 2.14. The molecule has 0 amide bonds. The molecule has 2 heteroatoms. The summed E-state index contributed by atoms with van der Waals surface area (Å²) in [6.45, 7) is 2.10. The summed E-state index contributed by atoms with van der Waals surface area (Å²) in [4.78, 5) is 0. The fourth-order valence-electron chi connectivity index (χ4n) is 7.01. The number of nitrogens with zero attached hydrogens (tertiary/aromatic N) is 2. The van der Waals surface area contributed by atoms with Crippen LogP contribution in [-0.4, -0.2) is 4.57 Å². The highest BCUT2D eigenvalue weighted by Gasteiger charge is 2.49. The van der Waals surface area contributed by atoms with Crippen molar-refractivity contribution in [3.8, 4) is 22.5 Å². The standard InChI is InChI=1S/C32H25N2/c1-3-11-24(12-4-1)32(25-13-5-2-6-14-25)26-15-7-9-22-17-19-33-21-34-20-18-23-10-8-16-27(32)29(23)31(34)30(33)28(22)26/h1-16,21H,17-20H2/q+1. The van der Waals surface area contributed by atoms with E-state index in [0.29, 0.717) is 0 Å². The zero-order valence-electron chi connectivity index (χ0n) is 19.0. The van der Waals surface area contributed by atoms with E-state index < -0.39 is 0 Å². The van der Waals surface area contributed by atoms with E-state index in [4.69, 9.17) is 0 Å². The molecule has 3 aliphatic rings. The summed E-state index contributed by atoms with van der Waals surface area (Å²) in [6.07, 6.45) is 4.53. The third-order valence-electron chi connectivity index (χ3n) is 8.32. The maximum atomic E-state index is 2.53. The lowest BCUT2D eigenvalue weighted by Gasteiger charge is -2.39. The third-order valence-corrected chi connectivity index (χ3v) is 8.32. The van der Waals surface area contributed by atoms with Crippen molar-refractivity contribution >= 4 is 0 Å². The van der Waals surface area contributed by atoms with Crippen molar-refractivity contribution in [3.05, 3.63) is 137 Å². The van der Waals surface area contributed by atoms with E-state index in [2.05, 4.69) is 113 Å². The number of hydrogen-bond acceptors (Lipinski definition) is 0. The van der Waals surface area contributed by atoms with Gasteiger partial charge in [-0.3, -0.25) is 0 Å². The molecule has 0 saturated heterocycles. The molecule has 162 valence electrons. The van der Waals surface area contributed by atoms with Crippen molar-refractivity contribution in [2.24, 2.45) is 0 Å². The van der Waals surface area contributed by atoms with Gasteiger partial charge in [0.05, 0.1) is 18.5 Å². The fourth-order valence-corrected chi connectivity index (χ4v) is 7.01. The fraction of sp³-hybridized carbons (Fsp3) is 0.156. The summed E-state index contributed by atoms with van der Waals surface area (Å²) in [7, 11) is 0. The van der Waals surface area contributed by atoms with E-state index in [1.165, 1.54) is 55.9 Å². The molecule has 1 aromatic heterocycles. The first-order valence-corrected chi connectivity index (χ1v) is 12.4. The average Bonchev–Trinajstić information content (AvgIpc) is 3.24. The number of aryl methyl sites for hydroxylation is 4. The molecule has 2 aliphatic heterocycles. The molecule has 0 atom stereocenters. The summed E-state index contributed by atoms with van der Waals surface area (Å²) < 4.78 is 5.05. The van der Waals surface area contributed by atoms with E-state index in [1.54, 1.807) is 0 Å². The van der Waals surface area contributed by atoms with Crippen LogP contribution in [0.5, 0.6) is 0 Å². The van der Waals surface area contributed by atoms with Gasteiger partial charge in [0.1, 0.15) is 0 Å². The number of hydrogen-bond donors (Lipinski definition) is 0. The largest absolute Gasteiger partial charge is 0.244 e. The summed E-state index contributed by atoms with van der Waals surface area (Å²) in [5.41, 5.74) is 13.8. The molecular weight excluding hydrogens is 412 g/mol. The van der Waals surface area contributed by atoms with Crippen LogP contribution in [0.1, 0.15) is 33.4 Å². The smallest absolute Gasteiger partial charge is 0.229 e. The summed E-state index contributed by atoms with van der Waals surface area (Å²) in [5, 5.41) is 0. The van der Waals surface area contributed by atoms with Gasteiger partial charge in [-0.25, -0.2) is 9.13 Å². The van der Waals surface area contributed by atoms with Crippen LogP contribution in [0.15, 0.2) is 103 Å². The molecule has 5 aromatic rings. The topological polar surface area (TPSA) is 8.81 Å². The van der Waals surface area contributed by atoms with Crippen molar-refractivity contribution in [2.45, 2.75) is 31.3 Å². The normalized spacial score (nSPS) is 16.0. The van der Waals surface area contributed by atoms with E-state index in [9.17, 15) is 0 Å². The van der Waals surface area contributed by atoms with Crippen LogP contribution in [0.2, 0.25) is 0 Å². The van der Waals surface area contributed by atoms with Crippen LogP contribution < -0.4 is 4.57 Å². The zero-order chi connectivity index (χ0) is 22.3. The van der Waals surface area contributed by atoms with Crippen LogP contribution in [-0.2, 0) is 31.3 Å². The van der Waals surface area contributed by atoms with Crippen LogP contribution in [0.3, 0.4) is 0 Å². The second-order valence-electron chi connectivity index (χ2n) is 9.86. The molecule has 0 bridgehead atoms. The van der Waals surface area contributed by atoms with E-state index >= 15 is 0 Å². The van der Waals surface area contributed by atoms with Gasteiger partial charge in [-0.2, -0.15) is 0 Å². The monoisotopic (exact) mass is 437 g/mol. The summed E-state index contributed by atoms with van der Waals surface area (Å²) in [5.74, 6) is 0. The minimum absolute atomic E-state index is 0.379. The second-order valence-corrected chi connectivity index (χ2v) is 9.86. The zero-order valence-corrected chi connectivity index (χ0v) is 19.0. The van der Waals surface area contributed by atoms with Gasteiger partial charge in [-0.1, -0.05) is 97.1 Å². The van der Waals surface area contributed by atoms with Crippen molar-refractivity contribution < 1.29 is 4.57 Å². The van der Waals surface area contributed by atoms with Gasteiger partial charge in [-0.05, 0) is 33.4 Å². The van der Waals surface area contributed by atoms with Gasteiger partial charge in [0, 0.05) is 24.0 Å². The first-order valence-electron chi connectivity index (χ1n) is 12.4. The molecule has 0 N–H and O–H groups in total. The van der Waals surface area contributed by atoms with Crippen molar-refractivity contribution in [1.82, 2.24) is 4.57 Å². The Morgan fingerprint density at radius 3 is 1.91 bits per heavy atom. The van der Waals surface area contributed by atoms with Crippen LogP contribution in [0.4, 0.5) is 0 Å². The number of benzene rings is 4. The van der Waals surface area contributed by atoms with Crippen molar-refractivity contribution in [3.63, 3.8) is 0 Å². The Bertz CT molecular complexity index is 1470. The molecule has 0 saturated carbocycles. The minimum Gasteiger partial charge on any atom is -0.229 e. The molecule has 4 aromatic carbocycles. The van der Waals surface area contributed by atoms with E-state index in [-0.39, 0.29) is 5.41 Å². The van der Waals surface area contributed by atoms with Gasteiger partial charge in [-0.15, -0.1) is 0 Å². The molecule has 3 heterocycles. The molecule has 34 heavy (non-hydrogen) atoms. The highest BCUT2D eigenvalue weighted by atomic mass is 15.2. The lowest BCUT2D eigenvalue weighted by Crippen LogP contribution is -2.40. The molecule has 2 nitrogen and oxygen atoms in total. The Morgan fingerprint density at radius 2 is 1.24 bits per heavy atom. The predicted octanol–water partition coefficient (Wildman–Crippen LogP) is 5.92. The summed E-state index contributed by atoms with van der Waals surface area (Å²) in [6, 6.07) is 36.5. The SMILES string of the molecule is c1ccc(C2(c3ccccc3)c3cccc4c3-c3c5[n+](cn3CC4)CCc3cccc2c3-5)cc1. The predicted molar refractivity (Wildman–Crippen MR) is 135 cm³/mol. The second kappa shape index (κ2) is 6.57. The Balaban J connectivity index is 1.67. The lowest BCUT2D eigenvalue weighted by atomic mass is 9.62. The Hall–Kier alpha value is -3.91. The van der Waals surface area contributed by atoms with Gasteiger partial charge in [0.25, 0.3) is 0 Å². The molecule has 0 spiro atoms. The van der Waals surface area contributed by atoms with Gasteiger partial charge < -0.3 is 0 Å². The quantitative estimate of drug-likeness (QED) is 0.298. The Morgan fingerprint density at radius 1 is 0.618 bits per heavy atom. The molecule has 0 unspecified atom stereocenters. The first kappa shape index (κ1) is 18.5. The first-order chi connectivity index (χ1) is 16.9. The average molecular weight is 438 g/mol. The van der Waals surface area contributed by atoms with Gasteiger partial charge in [0.2, 0.25) is 6.33 Å². The highest BCUT2D eigenvalue weighted by molar-refractivity contribution is 5.91. The van der Waals surface area contributed by atoms with Crippen LogP contribution in [0.25, 0.3) is 22.5 Å². The Labute approximate surface area is 199 Å². The van der Waals surface area contributed by atoms with Gasteiger partial charge >= 0.3 is 0 Å². The molecule has 0 radical (unpaired) electrons. The molecule has 8 rings (SSSR count). The van der Waals surface area contributed by atoms with E-state index in [1.807, 2.05) is 0 Å². The number of rotatable bonds is 2. The van der Waals surface area contributed by atoms with E-state index in [0.717, 1.165) is 25.9 Å². The van der Waals surface area contributed by atoms with Crippen molar-refractivity contribution in [1.29, 1.82) is 0 Å². The maximum Gasteiger partial charge on any atom is 0.244 e. The molecule has 0 fully saturated rings. The Kier molecular flexibility index (Phi) is 3.58. The molecule has 1 aliphatic carbocycles. The van der Waals surface area contributed by atoms with Crippen molar-refractivity contribution in [2.75, 3.05) is 0 Å². The summed E-state index contributed by atoms with van der Waals surface area (Å²) >= 11 is 0. The van der Waals surface area contributed by atoms with Crippen LogP contribution in [0, 0.1) is 0 Å². The number of aromatic nitrogens is 2. The minimum atomic E-state index is -0.379. The molecular formula is C32H25N2+.